The number of methoxy groups -OCH3 is 1. The summed E-state index contributed by atoms with van der Waals surface area (Å²) in [6.45, 7) is 1.49. The fraction of sp³-hybridized carbons (Fsp3) is 0.333. The topological polar surface area (TPSA) is 94.0 Å². The SMILES string of the molecule is COCCNc1nc(SC)nc2c1cnn2CCNC(=O)c1c(F)cccc1F. The molecule has 0 aliphatic heterocycles. The highest BCUT2D eigenvalue weighted by molar-refractivity contribution is 7.98. The van der Waals surface area contributed by atoms with Gasteiger partial charge in [-0.2, -0.15) is 5.10 Å². The maximum absolute atomic E-state index is 13.7. The summed E-state index contributed by atoms with van der Waals surface area (Å²) in [4.78, 5) is 21.0. The summed E-state index contributed by atoms with van der Waals surface area (Å²) in [6.07, 6.45) is 3.50. The van der Waals surface area contributed by atoms with Crippen LogP contribution in [0.5, 0.6) is 0 Å². The Morgan fingerprint density at radius 2 is 2.00 bits per heavy atom. The quantitative estimate of drug-likeness (QED) is 0.310. The maximum atomic E-state index is 13.7. The van der Waals surface area contributed by atoms with Gasteiger partial charge in [-0.3, -0.25) is 4.79 Å². The Morgan fingerprint density at radius 1 is 1.24 bits per heavy atom. The molecule has 3 aromatic rings. The number of anilines is 1. The number of rotatable bonds is 9. The second kappa shape index (κ2) is 9.61. The lowest BCUT2D eigenvalue weighted by molar-refractivity contribution is 0.0943. The summed E-state index contributed by atoms with van der Waals surface area (Å²) >= 11 is 1.39. The van der Waals surface area contributed by atoms with E-state index in [4.69, 9.17) is 4.74 Å². The lowest BCUT2D eigenvalue weighted by Crippen LogP contribution is -2.29. The number of halogens is 2. The first-order chi connectivity index (χ1) is 14.0. The number of nitrogens with one attached hydrogen (secondary N) is 2. The van der Waals surface area contributed by atoms with Crippen LogP contribution in [-0.2, 0) is 11.3 Å². The first-order valence-corrected chi connectivity index (χ1v) is 10.00. The molecule has 0 radical (unpaired) electrons. The molecule has 0 saturated carbocycles. The standard InChI is InChI=1S/C18H20F2N6O2S/c1-28-9-7-21-15-11-10-23-26(16(11)25-18(24-15)29-2)8-6-22-17(27)14-12(19)4-3-5-13(14)20/h3-5,10H,6-9H2,1-2H3,(H,22,27)(H,21,24,25). The summed E-state index contributed by atoms with van der Waals surface area (Å²) in [6, 6.07) is 3.29. The molecule has 0 bridgehead atoms. The molecule has 0 unspecified atom stereocenters. The minimum Gasteiger partial charge on any atom is -0.383 e. The molecule has 2 heterocycles. The Bertz CT molecular complexity index is 993. The summed E-state index contributed by atoms with van der Waals surface area (Å²) in [5, 5.41) is 11.3. The van der Waals surface area contributed by atoms with Crippen molar-refractivity contribution in [1.29, 1.82) is 0 Å². The van der Waals surface area contributed by atoms with Crippen molar-refractivity contribution in [3.05, 3.63) is 41.6 Å². The first-order valence-electron chi connectivity index (χ1n) is 8.77. The van der Waals surface area contributed by atoms with Gasteiger partial charge in [-0.15, -0.1) is 0 Å². The third kappa shape index (κ3) is 4.80. The molecule has 154 valence electrons. The van der Waals surface area contributed by atoms with E-state index in [-0.39, 0.29) is 13.1 Å². The van der Waals surface area contributed by atoms with Gasteiger partial charge < -0.3 is 15.4 Å². The van der Waals surface area contributed by atoms with Crippen LogP contribution in [0.4, 0.5) is 14.6 Å². The molecule has 8 nitrogen and oxygen atoms in total. The van der Waals surface area contributed by atoms with E-state index in [9.17, 15) is 13.6 Å². The Morgan fingerprint density at radius 3 is 2.69 bits per heavy atom. The molecule has 2 N–H and O–H groups in total. The van der Waals surface area contributed by atoms with Gasteiger partial charge in [-0.25, -0.2) is 23.4 Å². The predicted octanol–water partition coefficient (Wildman–Crippen LogP) is 2.31. The Labute approximate surface area is 170 Å². The van der Waals surface area contributed by atoms with Crippen molar-refractivity contribution in [2.24, 2.45) is 0 Å². The number of benzene rings is 1. The molecule has 0 saturated heterocycles. The fourth-order valence-corrected chi connectivity index (χ4v) is 3.04. The summed E-state index contributed by atoms with van der Waals surface area (Å²) in [5.41, 5.74) is -0.00923. The summed E-state index contributed by atoms with van der Waals surface area (Å²) in [7, 11) is 1.62. The van der Waals surface area contributed by atoms with Crippen LogP contribution in [0, 0.1) is 11.6 Å². The van der Waals surface area contributed by atoms with Crippen molar-refractivity contribution < 1.29 is 18.3 Å². The van der Waals surface area contributed by atoms with E-state index in [0.717, 1.165) is 17.5 Å². The molecule has 29 heavy (non-hydrogen) atoms. The van der Waals surface area contributed by atoms with Gasteiger partial charge in [0.1, 0.15) is 23.0 Å². The first kappa shape index (κ1) is 20.9. The van der Waals surface area contributed by atoms with Crippen LogP contribution in [0.1, 0.15) is 10.4 Å². The highest BCUT2D eigenvalue weighted by Gasteiger charge is 2.17. The average Bonchev–Trinajstić information content (AvgIpc) is 3.11. The van der Waals surface area contributed by atoms with Crippen LogP contribution in [-0.4, -0.2) is 58.7 Å². The van der Waals surface area contributed by atoms with Gasteiger partial charge >= 0.3 is 0 Å². The molecule has 0 fully saturated rings. The van der Waals surface area contributed by atoms with Gasteiger partial charge in [-0.1, -0.05) is 17.8 Å². The van der Waals surface area contributed by atoms with E-state index in [1.807, 2.05) is 6.26 Å². The third-order valence-electron chi connectivity index (χ3n) is 4.06. The largest absolute Gasteiger partial charge is 0.383 e. The monoisotopic (exact) mass is 422 g/mol. The van der Waals surface area contributed by atoms with E-state index in [1.165, 1.54) is 17.8 Å². The van der Waals surface area contributed by atoms with Crippen LogP contribution in [0.2, 0.25) is 0 Å². The molecule has 0 aliphatic rings. The van der Waals surface area contributed by atoms with Crippen molar-refractivity contribution in [2.45, 2.75) is 11.7 Å². The maximum Gasteiger partial charge on any atom is 0.257 e. The number of aromatic nitrogens is 4. The minimum absolute atomic E-state index is 0.119. The number of nitrogens with zero attached hydrogens (tertiary/aromatic N) is 4. The Hall–Kier alpha value is -2.79. The van der Waals surface area contributed by atoms with E-state index < -0.39 is 23.1 Å². The van der Waals surface area contributed by atoms with Gasteiger partial charge in [0.05, 0.1) is 24.7 Å². The number of carbonyl (C=O) groups is 1. The van der Waals surface area contributed by atoms with Gasteiger partial charge in [0, 0.05) is 20.2 Å². The van der Waals surface area contributed by atoms with Crippen molar-refractivity contribution in [3.63, 3.8) is 0 Å². The highest BCUT2D eigenvalue weighted by Crippen LogP contribution is 2.23. The molecule has 11 heteroatoms. The lowest BCUT2D eigenvalue weighted by Gasteiger charge is -2.09. The number of hydrogen-bond donors (Lipinski definition) is 2. The number of fused-ring (bicyclic) bond motifs is 1. The van der Waals surface area contributed by atoms with Crippen LogP contribution in [0.15, 0.2) is 29.6 Å². The number of thioether (sulfide) groups is 1. The minimum atomic E-state index is -0.906. The van der Waals surface area contributed by atoms with E-state index in [1.54, 1.807) is 18.0 Å². The van der Waals surface area contributed by atoms with Crippen LogP contribution in [0.3, 0.4) is 0 Å². The summed E-state index contributed by atoms with van der Waals surface area (Å²) in [5.74, 6) is -1.99. The number of ether oxygens (including phenoxy) is 1. The predicted molar refractivity (Wildman–Crippen MR) is 106 cm³/mol. The zero-order valence-corrected chi connectivity index (χ0v) is 16.7. The number of hydrogen-bond acceptors (Lipinski definition) is 7. The van der Waals surface area contributed by atoms with Crippen molar-refractivity contribution >= 4 is 34.5 Å². The molecule has 0 atom stereocenters. The smallest absolute Gasteiger partial charge is 0.257 e. The summed E-state index contributed by atoms with van der Waals surface area (Å²) < 4.78 is 34.1. The van der Waals surface area contributed by atoms with Crippen LogP contribution >= 0.6 is 11.8 Å². The average molecular weight is 422 g/mol. The number of amides is 1. The zero-order chi connectivity index (χ0) is 20.8. The molecule has 0 aliphatic carbocycles. The molecular weight excluding hydrogens is 402 g/mol. The zero-order valence-electron chi connectivity index (χ0n) is 15.9. The normalized spacial score (nSPS) is 11.0. The lowest BCUT2D eigenvalue weighted by atomic mass is 10.2. The number of carbonyl (C=O) groups excluding carboxylic acids is 1. The molecule has 0 spiro atoms. The van der Waals surface area contributed by atoms with Crippen LogP contribution in [0.25, 0.3) is 11.0 Å². The third-order valence-corrected chi connectivity index (χ3v) is 4.60. The second-order valence-corrected chi connectivity index (χ2v) is 6.71. The van der Waals surface area contributed by atoms with Gasteiger partial charge in [0.25, 0.3) is 5.91 Å². The van der Waals surface area contributed by atoms with Crippen molar-refractivity contribution in [3.8, 4) is 0 Å². The van der Waals surface area contributed by atoms with E-state index in [0.29, 0.717) is 29.8 Å². The highest BCUT2D eigenvalue weighted by atomic mass is 32.2. The Kier molecular flexibility index (Phi) is 6.94. The molecule has 2 aromatic heterocycles. The molecule has 1 aromatic carbocycles. The molecule has 3 rings (SSSR count). The van der Waals surface area contributed by atoms with Gasteiger partial charge in [0.15, 0.2) is 10.8 Å². The van der Waals surface area contributed by atoms with Crippen molar-refractivity contribution in [1.82, 2.24) is 25.1 Å². The Balaban J connectivity index is 1.73. The van der Waals surface area contributed by atoms with Gasteiger partial charge in [0.2, 0.25) is 0 Å². The van der Waals surface area contributed by atoms with Gasteiger partial charge in [-0.05, 0) is 18.4 Å². The van der Waals surface area contributed by atoms with Crippen molar-refractivity contribution in [2.75, 3.05) is 38.4 Å². The molecular formula is C18H20F2N6O2S. The van der Waals surface area contributed by atoms with E-state index in [2.05, 4.69) is 25.7 Å². The molecule has 1 amide bonds. The van der Waals surface area contributed by atoms with E-state index >= 15 is 0 Å². The second-order valence-electron chi connectivity index (χ2n) is 5.94. The fourth-order valence-electron chi connectivity index (χ4n) is 2.67. The van der Waals surface area contributed by atoms with Crippen LogP contribution < -0.4 is 10.6 Å².